The van der Waals surface area contributed by atoms with Crippen molar-refractivity contribution >= 4 is 40.1 Å². The summed E-state index contributed by atoms with van der Waals surface area (Å²) in [6.07, 6.45) is 0.798. The summed E-state index contributed by atoms with van der Waals surface area (Å²) in [4.78, 5) is 28.6. The summed E-state index contributed by atoms with van der Waals surface area (Å²) < 4.78 is 5.15. The Balaban J connectivity index is 1.65. The van der Waals surface area contributed by atoms with Crippen LogP contribution in [0.25, 0.3) is 10.9 Å². The number of rotatable bonds is 5. The molecule has 0 bridgehead atoms. The summed E-state index contributed by atoms with van der Waals surface area (Å²) in [5.74, 6) is -0.941. The first-order valence-electron chi connectivity index (χ1n) is 8.59. The highest BCUT2D eigenvalue weighted by Gasteiger charge is 2.13. The average molecular weight is 383 g/mol. The van der Waals surface area contributed by atoms with E-state index in [1.165, 1.54) is 0 Å². The lowest BCUT2D eigenvalue weighted by molar-refractivity contribution is -0.119. The molecule has 1 aromatic heterocycles. The number of esters is 1. The van der Waals surface area contributed by atoms with Crippen LogP contribution >= 0.6 is 11.6 Å². The van der Waals surface area contributed by atoms with Gasteiger partial charge in [-0.15, -0.1) is 0 Å². The van der Waals surface area contributed by atoms with Crippen molar-refractivity contribution in [1.82, 2.24) is 4.98 Å². The maximum Gasteiger partial charge on any atom is 0.338 e. The molecule has 2 aromatic carbocycles. The summed E-state index contributed by atoms with van der Waals surface area (Å²) in [6, 6.07) is 14.2. The molecule has 0 saturated carbocycles. The third-order valence-corrected chi connectivity index (χ3v) is 4.44. The van der Waals surface area contributed by atoms with Crippen molar-refractivity contribution in [1.29, 1.82) is 0 Å². The third kappa shape index (κ3) is 4.44. The van der Waals surface area contributed by atoms with Gasteiger partial charge in [-0.2, -0.15) is 0 Å². The fourth-order valence-corrected chi connectivity index (χ4v) is 2.97. The first-order valence-corrected chi connectivity index (χ1v) is 8.97. The van der Waals surface area contributed by atoms with E-state index in [4.69, 9.17) is 16.3 Å². The van der Waals surface area contributed by atoms with Gasteiger partial charge in [0.15, 0.2) is 6.61 Å². The predicted molar refractivity (Wildman–Crippen MR) is 106 cm³/mol. The molecule has 0 aliphatic heterocycles. The molecule has 27 heavy (non-hydrogen) atoms. The number of hydrogen-bond donors (Lipinski definition) is 1. The predicted octanol–water partition coefficient (Wildman–Crippen LogP) is 4.55. The molecule has 0 aliphatic rings. The smallest absolute Gasteiger partial charge is 0.338 e. The minimum absolute atomic E-state index is 0.351. The first-order chi connectivity index (χ1) is 13.0. The minimum atomic E-state index is -0.567. The van der Waals surface area contributed by atoms with Crippen LogP contribution in [0, 0.1) is 6.92 Å². The van der Waals surface area contributed by atoms with Crippen LogP contribution in [0.4, 0.5) is 5.69 Å². The monoisotopic (exact) mass is 382 g/mol. The zero-order valence-corrected chi connectivity index (χ0v) is 15.8. The number of hydrogen-bond acceptors (Lipinski definition) is 4. The molecule has 1 N–H and O–H groups in total. The summed E-state index contributed by atoms with van der Waals surface area (Å²) in [5.41, 5.74) is 3.81. The van der Waals surface area contributed by atoms with Crippen LogP contribution in [0.1, 0.15) is 28.4 Å². The van der Waals surface area contributed by atoms with Crippen molar-refractivity contribution in [3.63, 3.8) is 0 Å². The van der Waals surface area contributed by atoms with Gasteiger partial charge in [0.05, 0.1) is 11.1 Å². The number of ether oxygens (including phenoxy) is 1. The molecular formula is C21H19ClN2O3. The molecule has 138 valence electrons. The number of benzene rings is 2. The Morgan fingerprint density at radius 2 is 1.96 bits per heavy atom. The Bertz CT molecular complexity index is 1020. The number of aromatic nitrogens is 1. The number of nitrogens with zero attached hydrogens (tertiary/aromatic N) is 1. The van der Waals surface area contributed by atoms with E-state index >= 15 is 0 Å². The van der Waals surface area contributed by atoms with Gasteiger partial charge in [-0.25, -0.2) is 9.78 Å². The van der Waals surface area contributed by atoms with Gasteiger partial charge in [-0.3, -0.25) is 4.79 Å². The fraction of sp³-hybridized carbons (Fsp3) is 0.190. The van der Waals surface area contributed by atoms with Crippen molar-refractivity contribution in [2.45, 2.75) is 20.3 Å². The summed E-state index contributed by atoms with van der Waals surface area (Å²) in [5, 5.41) is 3.99. The second kappa shape index (κ2) is 8.18. The number of para-hydroxylation sites is 1. The van der Waals surface area contributed by atoms with Gasteiger partial charge in [0, 0.05) is 11.1 Å². The molecule has 3 aromatic rings. The van der Waals surface area contributed by atoms with Crippen LogP contribution in [0.5, 0.6) is 0 Å². The number of nitrogens with one attached hydrogen (secondary N) is 1. The van der Waals surface area contributed by atoms with Gasteiger partial charge < -0.3 is 10.1 Å². The standard InChI is InChI=1S/C21H19ClN2O3/c1-3-14-6-4-5-13(2)20(14)24-19(25)12-27-21(26)16-7-9-17-15(11-16)8-10-18(22)23-17/h4-11H,3,12H2,1-2H3,(H,24,25). The topological polar surface area (TPSA) is 68.3 Å². The highest BCUT2D eigenvalue weighted by atomic mass is 35.5. The third-order valence-electron chi connectivity index (χ3n) is 4.23. The van der Waals surface area contributed by atoms with Crippen molar-refractivity contribution in [2.24, 2.45) is 0 Å². The second-order valence-electron chi connectivity index (χ2n) is 6.13. The number of halogens is 1. The van der Waals surface area contributed by atoms with Gasteiger partial charge >= 0.3 is 5.97 Å². The summed E-state index contributed by atoms with van der Waals surface area (Å²) in [7, 11) is 0. The van der Waals surface area contributed by atoms with E-state index in [1.807, 2.05) is 32.0 Å². The van der Waals surface area contributed by atoms with E-state index in [9.17, 15) is 9.59 Å². The molecule has 0 atom stereocenters. The molecule has 0 spiro atoms. The van der Waals surface area contributed by atoms with Crippen molar-refractivity contribution in [3.8, 4) is 0 Å². The highest BCUT2D eigenvalue weighted by molar-refractivity contribution is 6.29. The highest BCUT2D eigenvalue weighted by Crippen LogP contribution is 2.21. The molecule has 0 fully saturated rings. The Morgan fingerprint density at radius 1 is 1.15 bits per heavy atom. The number of aryl methyl sites for hydroxylation is 2. The van der Waals surface area contributed by atoms with Gasteiger partial charge in [-0.1, -0.05) is 36.7 Å². The molecule has 6 heteroatoms. The lowest BCUT2D eigenvalue weighted by Gasteiger charge is -2.13. The number of amides is 1. The molecule has 0 saturated heterocycles. The maximum atomic E-state index is 12.3. The van der Waals surface area contributed by atoms with E-state index in [2.05, 4.69) is 10.3 Å². The van der Waals surface area contributed by atoms with Gasteiger partial charge in [0.25, 0.3) is 5.91 Å². The van der Waals surface area contributed by atoms with Crippen LogP contribution in [-0.2, 0) is 16.0 Å². The van der Waals surface area contributed by atoms with Gasteiger partial charge in [0.2, 0.25) is 0 Å². The molecule has 0 aliphatic carbocycles. The number of pyridine rings is 1. The van der Waals surface area contributed by atoms with E-state index in [-0.39, 0.29) is 12.5 Å². The second-order valence-corrected chi connectivity index (χ2v) is 6.52. The summed E-state index contributed by atoms with van der Waals surface area (Å²) >= 11 is 5.86. The normalized spacial score (nSPS) is 10.6. The van der Waals surface area contributed by atoms with Crippen molar-refractivity contribution in [3.05, 3.63) is 70.4 Å². The number of fused-ring (bicyclic) bond motifs is 1. The van der Waals surface area contributed by atoms with E-state index < -0.39 is 5.97 Å². The molecule has 1 amide bonds. The Morgan fingerprint density at radius 3 is 2.74 bits per heavy atom. The van der Waals surface area contributed by atoms with Crippen LogP contribution in [0.2, 0.25) is 5.15 Å². The lowest BCUT2D eigenvalue weighted by Crippen LogP contribution is -2.22. The van der Waals surface area contributed by atoms with Gasteiger partial charge in [-0.05, 0) is 54.8 Å². The van der Waals surface area contributed by atoms with Crippen LogP contribution < -0.4 is 5.32 Å². The Kier molecular flexibility index (Phi) is 5.72. The fourth-order valence-electron chi connectivity index (χ4n) is 2.82. The molecule has 5 nitrogen and oxygen atoms in total. The first kappa shape index (κ1) is 18.9. The molecule has 3 rings (SSSR count). The minimum Gasteiger partial charge on any atom is -0.452 e. The average Bonchev–Trinajstić information content (AvgIpc) is 2.67. The molecule has 1 heterocycles. The largest absolute Gasteiger partial charge is 0.452 e. The molecule has 0 unspecified atom stereocenters. The SMILES string of the molecule is CCc1cccc(C)c1NC(=O)COC(=O)c1ccc2nc(Cl)ccc2c1. The maximum absolute atomic E-state index is 12.3. The number of carbonyl (C=O) groups is 2. The molecule has 0 radical (unpaired) electrons. The van der Waals surface area contributed by atoms with Crippen molar-refractivity contribution in [2.75, 3.05) is 11.9 Å². The van der Waals surface area contributed by atoms with Crippen LogP contribution in [0.3, 0.4) is 0 Å². The summed E-state index contributed by atoms with van der Waals surface area (Å²) in [6.45, 7) is 3.59. The van der Waals surface area contributed by atoms with Crippen molar-refractivity contribution < 1.29 is 14.3 Å². The number of carbonyl (C=O) groups excluding carboxylic acids is 2. The lowest BCUT2D eigenvalue weighted by atomic mass is 10.1. The Hall–Kier alpha value is -2.92. The van der Waals surface area contributed by atoms with Gasteiger partial charge in [0.1, 0.15) is 5.15 Å². The molecular weight excluding hydrogens is 364 g/mol. The zero-order valence-electron chi connectivity index (χ0n) is 15.1. The van der Waals surface area contributed by atoms with E-state index in [0.29, 0.717) is 16.2 Å². The number of anilines is 1. The van der Waals surface area contributed by atoms with Crippen LogP contribution in [0.15, 0.2) is 48.5 Å². The Labute approximate surface area is 162 Å². The van der Waals surface area contributed by atoms with Crippen LogP contribution in [-0.4, -0.2) is 23.5 Å². The zero-order chi connectivity index (χ0) is 19.4. The van der Waals surface area contributed by atoms with E-state index in [0.717, 1.165) is 28.6 Å². The quantitative estimate of drug-likeness (QED) is 0.519. The van der Waals surface area contributed by atoms with E-state index in [1.54, 1.807) is 30.3 Å².